The van der Waals surface area contributed by atoms with Gasteiger partial charge >= 0.3 is 0 Å². The van der Waals surface area contributed by atoms with Crippen molar-refractivity contribution < 1.29 is 4.79 Å². The van der Waals surface area contributed by atoms with E-state index in [4.69, 9.17) is 23.2 Å². The maximum atomic E-state index is 12.7. The first-order valence-corrected chi connectivity index (χ1v) is 8.34. The molecule has 0 saturated carbocycles. The van der Waals surface area contributed by atoms with Crippen LogP contribution in [0.4, 0.5) is 0 Å². The number of carbonyl (C=O) groups is 1. The molecule has 0 fully saturated rings. The maximum Gasteiger partial charge on any atom is 0.255 e. The fraction of sp³-hybridized carbons (Fsp3) is 0.188. The Balaban J connectivity index is 2.27. The van der Waals surface area contributed by atoms with Gasteiger partial charge in [-0.05, 0) is 59.3 Å². The summed E-state index contributed by atoms with van der Waals surface area (Å²) < 4.78 is 0.889. The fourth-order valence-corrected chi connectivity index (χ4v) is 2.92. The predicted molar refractivity (Wildman–Crippen MR) is 96.0 cm³/mol. The van der Waals surface area contributed by atoms with Crippen LogP contribution in [0, 0.1) is 3.57 Å². The molecule has 110 valence electrons. The van der Waals surface area contributed by atoms with Gasteiger partial charge in [-0.25, -0.2) is 0 Å². The molecule has 0 heterocycles. The smallest absolute Gasteiger partial charge is 0.255 e. The molecule has 0 radical (unpaired) electrons. The van der Waals surface area contributed by atoms with Gasteiger partial charge in [-0.1, -0.05) is 41.4 Å². The van der Waals surface area contributed by atoms with Crippen molar-refractivity contribution in [2.45, 2.75) is 13.5 Å². The summed E-state index contributed by atoms with van der Waals surface area (Å²) >= 11 is 14.3. The number of halogens is 3. The molecule has 0 aliphatic heterocycles. The average molecular weight is 434 g/mol. The van der Waals surface area contributed by atoms with Gasteiger partial charge in [0.15, 0.2) is 0 Å². The summed E-state index contributed by atoms with van der Waals surface area (Å²) in [4.78, 5) is 14.4. The van der Waals surface area contributed by atoms with Crippen LogP contribution in [0.2, 0.25) is 10.0 Å². The number of rotatable bonds is 4. The first-order valence-electron chi connectivity index (χ1n) is 6.50. The van der Waals surface area contributed by atoms with E-state index >= 15 is 0 Å². The summed E-state index contributed by atoms with van der Waals surface area (Å²) in [5.41, 5.74) is 1.56. The number of benzene rings is 2. The van der Waals surface area contributed by atoms with Gasteiger partial charge in [-0.15, -0.1) is 0 Å². The van der Waals surface area contributed by atoms with Gasteiger partial charge in [0.05, 0.1) is 5.56 Å². The molecule has 2 aromatic rings. The normalized spacial score (nSPS) is 10.5. The summed E-state index contributed by atoms with van der Waals surface area (Å²) in [6.07, 6.45) is 0. The van der Waals surface area contributed by atoms with E-state index in [1.807, 2.05) is 37.3 Å². The van der Waals surface area contributed by atoms with Gasteiger partial charge in [0, 0.05) is 26.7 Å². The standard InChI is InChI=1S/C16H14Cl2INO/c1-2-20(10-11-5-3-4-6-14(11)18)16(21)13-9-12(17)7-8-15(13)19/h3-9H,2,10H2,1H3. The minimum absolute atomic E-state index is 0.0377. The van der Waals surface area contributed by atoms with E-state index in [9.17, 15) is 4.79 Å². The number of hydrogen-bond acceptors (Lipinski definition) is 1. The Kier molecular flexibility index (Phi) is 5.90. The summed E-state index contributed by atoms with van der Waals surface area (Å²) in [5.74, 6) is -0.0377. The molecule has 0 aliphatic rings. The summed E-state index contributed by atoms with van der Waals surface area (Å²) in [6, 6.07) is 12.9. The first kappa shape index (κ1) is 16.6. The Labute approximate surface area is 148 Å². The summed E-state index contributed by atoms with van der Waals surface area (Å²) in [6.45, 7) is 3.04. The Morgan fingerprint density at radius 3 is 2.57 bits per heavy atom. The third kappa shape index (κ3) is 4.11. The number of hydrogen-bond donors (Lipinski definition) is 0. The fourth-order valence-electron chi connectivity index (χ4n) is 1.99. The lowest BCUT2D eigenvalue weighted by Crippen LogP contribution is -2.31. The van der Waals surface area contributed by atoms with Crippen molar-refractivity contribution in [2.75, 3.05) is 6.54 Å². The molecule has 2 nitrogen and oxygen atoms in total. The second kappa shape index (κ2) is 7.47. The molecule has 2 aromatic carbocycles. The Morgan fingerprint density at radius 2 is 1.90 bits per heavy atom. The Bertz CT molecular complexity index is 660. The molecule has 0 atom stereocenters. The monoisotopic (exact) mass is 433 g/mol. The minimum atomic E-state index is -0.0377. The molecular weight excluding hydrogens is 420 g/mol. The molecule has 0 N–H and O–H groups in total. The van der Waals surface area contributed by atoms with Crippen LogP contribution < -0.4 is 0 Å². The lowest BCUT2D eigenvalue weighted by Gasteiger charge is -2.22. The van der Waals surface area contributed by atoms with Crippen LogP contribution in [0.3, 0.4) is 0 Å². The maximum absolute atomic E-state index is 12.7. The molecular formula is C16H14Cl2INO. The third-order valence-electron chi connectivity index (χ3n) is 3.15. The van der Waals surface area contributed by atoms with E-state index in [1.54, 1.807) is 17.0 Å². The zero-order chi connectivity index (χ0) is 15.4. The zero-order valence-corrected chi connectivity index (χ0v) is 15.1. The van der Waals surface area contributed by atoms with Crippen molar-refractivity contribution in [2.24, 2.45) is 0 Å². The number of nitrogens with zero attached hydrogens (tertiary/aromatic N) is 1. The van der Waals surface area contributed by atoms with Crippen molar-refractivity contribution in [1.82, 2.24) is 4.90 Å². The van der Waals surface area contributed by atoms with Crippen LogP contribution in [0.5, 0.6) is 0 Å². The van der Waals surface area contributed by atoms with E-state index in [-0.39, 0.29) is 5.91 Å². The predicted octanol–water partition coefficient (Wildman–Crippen LogP) is 5.26. The highest BCUT2D eigenvalue weighted by Gasteiger charge is 2.18. The summed E-state index contributed by atoms with van der Waals surface area (Å²) in [7, 11) is 0. The van der Waals surface area contributed by atoms with E-state index in [1.165, 1.54) is 0 Å². The molecule has 2 rings (SSSR count). The van der Waals surface area contributed by atoms with Gasteiger partial charge in [0.2, 0.25) is 0 Å². The Morgan fingerprint density at radius 1 is 1.19 bits per heavy atom. The highest BCUT2D eigenvalue weighted by molar-refractivity contribution is 14.1. The number of amides is 1. The van der Waals surface area contributed by atoms with Crippen LogP contribution in [0.1, 0.15) is 22.8 Å². The highest BCUT2D eigenvalue weighted by Crippen LogP contribution is 2.22. The molecule has 1 amide bonds. The Hall–Kier alpha value is -0.780. The highest BCUT2D eigenvalue weighted by atomic mass is 127. The van der Waals surface area contributed by atoms with Crippen molar-refractivity contribution in [3.63, 3.8) is 0 Å². The van der Waals surface area contributed by atoms with E-state index in [0.29, 0.717) is 28.7 Å². The van der Waals surface area contributed by atoms with Gasteiger partial charge in [-0.2, -0.15) is 0 Å². The van der Waals surface area contributed by atoms with Crippen LogP contribution >= 0.6 is 45.8 Å². The van der Waals surface area contributed by atoms with Crippen LogP contribution in [0.25, 0.3) is 0 Å². The van der Waals surface area contributed by atoms with E-state index < -0.39 is 0 Å². The van der Waals surface area contributed by atoms with E-state index in [0.717, 1.165) is 9.13 Å². The molecule has 0 aliphatic carbocycles. The number of carbonyl (C=O) groups excluding carboxylic acids is 1. The average Bonchev–Trinajstić information content (AvgIpc) is 2.48. The van der Waals surface area contributed by atoms with Gasteiger partial charge < -0.3 is 4.90 Å². The third-order valence-corrected chi connectivity index (χ3v) is 4.69. The molecule has 0 unspecified atom stereocenters. The largest absolute Gasteiger partial charge is 0.335 e. The van der Waals surface area contributed by atoms with Crippen molar-refractivity contribution >= 4 is 51.7 Å². The molecule has 21 heavy (non-hydrogen) atoms. The molecule has 5 heteroatoms. The van der Waals surface area contributed by atoms with Crippen LogP contribution in [-0.4, -0.2) is 17.4 Å². The quantitative estimate of drug-likeness (QED) is 0.602. The van der Waals surface area contributed by atoms with E-state index in [2.05, 4.69) is 22.6 Å². The van der Waals surface area contributed by atoms with Crippen molar-refractivity contribution in [1.29, 1.82) is 0 Å². The topological polar surface area (TPSA) is 20.3 Å². The lowest BCUT2D eigenvalue weighted by molar-refractivity contribution is 0.0751. The first-order chi connectivity index (χ1) is 10.0. The summed E-state index contributed by atoms with van der Waals surface area (Å²) in [5, 5.41) is 1.23. The molecule has 0 saturated heterocycles. The van der Waals surface area contributed by atoms with Crippen molar-refractivity contribution in [3.05, 3.63) is 67.2 Å². The minimum Gasteiger partial charge on any atom is -0.335 e. The molecule has 0 bridgehead atoms. The second-order valence-corrected chi connectivity index (χ2v) is 6.54. The SMILES string of the molecule is CCN(Cc1ccccc1Cl)C(=O)c1cc(Cl)ccc1I. The molecule has 0 spiro atoms. The molecule has 0 aromatic heterocycles. The van der Waals surface area contributed by atoms with Crippen LogP contribution in [0.15, 0.2) is 42.5 Å². The second-order valence-electron chi connectivity index (χ2n) is 4.53. The lowest BCUT2D eigenvalue weighted by atomic mass is 10.1. The zero-order valence-electron chi connectivity index (χ0n) is 11.4. The van der Waals surface area contributed by atoms with Gasteiger partial charge in [-0.3, -0.25) is 4.79 Å². The van der Waals surface area contributed by atoms with Crippen molar-refractivity contribution in [3.8, 4) is 0 Å². The van der Waals surface area contributed by atoms with Gasteiger partial charge in [0.25, 0.3) is 5.91 Å². The van der Waals surface area contributed by atoms with Gasteiger partial charge in [0.1, 0.15) is 0 Å². The van der Waals surface area contributed by atoms with Crippen LogP contribution in [-0.2, 0) is 6.54 Å².